The molecule has 0 heterocycles. The average Bonchev–Trinajstić information content (AvgIpc) is 0. The molecule has 0 unspecified atom stereocenters. The molecule has 4 heavy (non-hydrogen) atoms. The molecule has 0 spiro atoms. The molecule has 0 fully saturated rings. The predicted molar refractivity (Wildman–Crippen MR) is 21.5 cm³/mol. The zero-order valence-electron chi connectivity index (χ0n) is 3.54. The van der Waals surface area contributed by atoms with Gasteiger partial charge in [-0.25, -0.2) is 0 Å². The first-order valence-corrected chi connectivity index (χ1v) is 0. The van der Waals surface area contributed by atoms with Crippen LogP contribution >= 0.6 is 0 Å². The van der Waals surface area contributed by atoms with Crippen molar-refractivity contribution in [3.8, 4) is 0 Å². The number of rotatable bonds is 0. The normalized spacial score (nSPS) is 0. The van der Waals surface area contributed by atoms with E-state index in [1.165, 1.54) is 0 Å². The molecule has 4 heteroatoms. The van der Waals surface area contributed by atoms with Crippen molar-refractivity contribution in [3.63, 3.8) is 0 Å². The Morgan fingerprint density at radius 2 is 1.25 bits per heavy atom. The molecule has 0 aliphatic carbocycles. The second kappa shape index (κ2) is 21.7. The SMILES string of the molecule is O.[AlH3].[Co].[H-].[H-].[Mg+2]. The van der Waals surface area contributed by atoms with E-state index in [0.717, 1.165) is 0 Å². The van der Waals surface area contributed by atoms with E-state index < -0.39 is 0 Å². The molecule has 0 atom stereocenters. The van der Waals surface area contributed by atoms with Crippen molar-refractivity contribution in [2.75, 3.05) is 0 Å². The van der Waals surface area contributed by atoms with Gasteiger partial charge in [-0.1, -0.05) is 0 Å². The number of hydrogen-bond acceptors (Lipinski definition) is 0. The fraction of sp³-hybridized carbons (Fsp3) is 0. The van der Waals surface area contributed by atoms with Crippen molar-refractivity contribution in [2.45, 2.75) is 0 Å². The third-order valence-electron chi connectivity index (χ3n) is 0. The molecule has 0 aromatic carbocycles. The molecule has 27 valence electrons. The molecule has 0 aliphatic rings. The maximum Gasteiger partial charge on any atom is 2.00 e. The Kier molecular flexibility index (Phi) is 228. The summed E-state index contributed by atoms with van der Waals surface area (Å²) in [4.78, 5) is 0. The smallest absolute Gasteiger partial charge is 1.00 e. The molecular formula is H7AlCoMgO. The zero-order chi connectivity index (χ0) is 0. The first-order chi connectivity index (χ1) is 0. The Hall–Kier alpha value is 1.77. The van der Waals surface area contributed by atoms with E-state index in [1.54, 1.807) is 0 Å². The Morgan fingerprint density at radius 3 is 1.25 bits per heavy atom. The van der Waals surface area contributed by atoms with Crippen LogP contribution in [-0.2, 0) is 16.8 Å². The van der Waals surface area contributed by atoms with E-state index in [1.807, 2.05) is 0 Å². The van der Waals surface area contributed by atoms with Crippen molar-refractivity contribution < 1.29 is 25.1 Å². The minimum absolute atomic E-state index is 0. The Labute approximate surface area is 65.3 Å². The van der Waals surface area contributed by atoms with E-state index >= 15 is 0 Å². The van der Waals surface area contributed by atoms with Gasteiger partial charge in [0.15, 0.2) is 17.4 Å². The fourth-order valence-electron chi connectivity index (χ4n) is 0. The summed E-state index contributed by atoms with van der Waals surface area (Å²) in [5.41, 5.74) is 0. The third-order valence-corrected chi connectivity index (χ3v) is 0. The van der Waals surface area contributed by atoms with Crippen LogP contribution in [0.25, 0.3) is 0 Å². The summed E-state index contributed by atoms with van der Waals surface area (Å²) in [6.45, 7) is 0. The minimum atomic E-state index is 0. The van der Waals surface area contributed by atoms with Gasteiger partial charge in [-0.2, -0.15) is 0 Å². The van der Waals surface area contributed by atoms with Crippen LogP contribution < -0.4 is 0 Å². The summed E-state index contributed by atoms with van der Waals surface area (Å²) >= 11 is 0. The summed E-state index contributed by atoms with van der Waals surface area (Å²) in [5.74, 6) is 0. The topological polar surface area (TPSA) is 31.5 Å². The monoisotopic (exact) mass is 133 g/mol. The molecule has 1 nitrogen and oxygen atoms in total. The molecule has 0 bridgehead atoms. The summed E-state index contributed by atoms with van der Waals surface area (Å²) in [6, 6.07) is 0. The van der Waals surface area contributed by atoms with Crippen LogP contribution in [0, 0.1) is 0 Å². The summed E-state index contributed by atoms with van der Waals surface area (Å²) in [5, 5.41) is 0. The van der Waals surface area contributed by atoms with Crippen LogP contribution in [0.3, 0.4) is 0 Å². The van der Waals surface area contributed by atoms with Gasteiger partial charge in [0.25, 0.3) is 0 Å². The molecule has 1 radical (unpaired) electrons. The van der Waals surface area contributed by atoms with Crippen molar-refractivity contribution in [1.82, 2.24) is 0 Å². The Bertz CT molecular complexity index is 13.5. The second-order valence-electron chi connectivity index (χ2n) is 0. The Balaban J connectivity index is 0. The van der Waals surface area contributed by atoms with Crippen LogP contribution in [0.4, 0.5) is 0 Å². The van der Waals surface area contributed by atoms with E-state index in [9.17, 15) is 0 Å². The molecule has 0 rings (SSSR count). The van der Waals surface area contributed by atoms with Gasteiger partial charge in [-0.15, -0.1) is 0 Å². The van der Waals surface area contributed by atoms with Crippen LogP contribution in [0.2, 0.25) is 0 Å². The van der Waals surface area contributed by atoms with Gasteiger partial charge in [0.2, 0.25) is 0 Å². The fourth-order valence-corrected chi connectivity index (χ4v) is 0. The third kappa shape index (κ3) is 9.24. The van der Waals surface area contributed by atoms with Gasteiger partial charge < -0.3 is 8.33 Å². The number of hydrogen-bond donors (Lipinski definition) is 0. The molecule has 0 aromatic heterocycles. The maximum atomic E-state index is 0. The van der Waals surface area contributed by atoms with E-state index in [4.69, 9.17) is 0 Å². The van der Waals surface area contributed by atoms with Crippen LogP contribution in [-0.4, -0.2) is 45.9 Å². The molecular weight excluding hydrogens is 126 g/mol. The van der Waals surface area contributed by atoms with Gasteiger partial charge in [0, 0.05) is 16.8 Å². The Morgan fingerprint density at radius 1 is 1.25 bits per heavy atom. The second-order valence-corrected chi connectivity index (χ2v) is 0. The summed E-state index contributed by atoms with van der Waals surface area (Å²) in [7, 11) is 0. The molecule has 0 saturated heterocycles. The summed E-state index contributed by atoms with van der Waals surface area (Å²) < 4.78 is 0. The molecule has 0 saturated carbocycles. The van der Waals surface area contributed by atoms with E-state index in [0.29, 0.717) is 0 Å². The van der Waals surface area contributed by atoms with E-state index in [-0.39, 0.29) is 65.5 Å². The van der Waals surface area contributed by atoms with E-state index in [2.05, 4.69) is 0 Å². The average molecular weight is 133 g/mol. The van der Waals surface area contributed by atoms with Gasteiger partial charge in [0.1, 0.15) is 0 Å². The van der Waals surface area contributed by atoms with Crippen LogP contribution in [0.15, 0.2) is 0 Å². The van der Waals surface area contributed by atoms with Gasteiger partial charge >= 0.3 is 23.1 Å². The van der Waals surface area contributed by atoms with Crippen molar-refractivity contribution >= 4 is 40.4 Å². The van der Waals surface area contributed by atoms with Gasteiger partial charge in [-0.3, -0.25) is 0 Å². The molecule has 2 N–H and O–H groups in total. The first-order valence-electron chi connectivity index (χ1n) is 0. The molecule has 0 amide bonds. The van der Waals surface area contributed by atoms with Crippen LogP contribution in [0.5, 0.6) is 0 Å². The predicted octanol–water partition coefficient (Wildman–Crippen LogP) is -2.17. The van der Waals surface area contributed by atoms with Crippen molar-refractivity contribution in [2.24, 2.45) is 0 Å². The van der Waals surface area contributed by atoms with Gasteiger partial charge in [-0.05, 0) is 0 Å². The molecule has 0 aliphatic heterocycles. The zero-order valence-corrected chi connectivity index (χ0v) is 4.00. The minimum Gasteiger partial charge on any atom is -1.00 e. The van der Waals surface area contributed by atoms with Crippen molar-refractivity contribution in [3.05, 3.63) is 0 Å². The van der Waals surface area contributed by atoms with Gasteiger partial charge in [0.05, 0.1) is 0 Å². The standard InChI is InChI=1S/Al.Co.Mg.H2O.5H/h;;;1H2;;;;;/q;;+2;;;;;2*-1. The quantitative estimate of drug-likeness (QED) is 0.337. The summed E-state index contributed by atoms with van der Waals surface area (Å²) in [6.07, 6.45) is 0. The molecule has 0 aromatic rings. The first kappa shape index (κ1) is 42.0. The maximum absolute atomic E-state index is 0. The van der Waals surface area contributed by atoms with Crippen molar-refractivity contribution in [1.29, 1.82) is 0 Å². The van der Waals surface area contributed by atoms with Crippen LogP contribution in [0.1, 0.15) is 2.85 Å². The largest absolute Gasteiger partial charge is 2.00 e.